The van der Waals surface area contributed by atoms with Gasteiger partial charge in [-0.15, -0.1) is 0 Å². The minimum atomic E-state index is -0.922. The average molecular weight is 310 g/mol. The van der Waals surface area contributed by atoms with Crippen molar-refractivity contribution in [3.63, 3.8) is 0 Å². The van der Waals surface area contributed by atoms with E-state index in [0.29, 0.717) is 29.6 Å². The number of fused-ring (bicyclic) bond motifs is 1. The maximum atomic E-state index is 12.2. The summed E-state index contributed by atoms with van der Waals surface area (Å²) < 4.78 is 5.24. The number of nitrogens with zero attached hydrogens (tertiary/aromatic N) is 2. The Kier molecular flexibility index (Phi) is 3.49. The molecule has 2 heterocycles. The Morgan fingerprint density at radius 1 is 1.48 bits per heavy atom. The minimum absolute atomic E-state index is 0.0768. The average Bonchev–Trinajstić information content (AvgIpc) is 2.81. The zero-order valence-electron chi connectivity index (χ0n) is 12.1. The topological polar surface area (TPSA) is 79.7 Å². The van der Waals surface area contributed by atoms with Crippen LogP contribution in [0.3, 0.4) is 0 Å². The molecule has 1 aliphatic heterocycles. The second-order valence-corrected chi connectivity index (χ2v) is 7.31. The number of thiazole rings is 1. The number of hydrogen-bond donors (Lipinski definition) is 1. The summed E-state index contributed by atoms with van der Waals surface area (Å²) in [6.07, 6.45) is 1.28. The van der Waals surface area contributed by atoms with E-state index in [1.54, 1.807) is 4.90 Å². The maximum Gasteiger partial charge on any atom is 0.328 e. The van der Waals surface area contributed by atoms with Crippen molar-refractivity contribution in [1.82, 2.24) is 4.98 Å². The fraction of sp³-hybridized carbons (Fsp3) is 0.643. The number of anilines is 1. The first-order valence-corrected chi connectivity index (χ1v) is 7.79. The first-order chi connectivity index (χ1) is 9.87. The van der Waals surface area contributed by atoms with Crippen molar-refractivity contribution in [3.8, 4) is 0 Å². The lowest BCUT2D eigenvalue weighted by molar-refractivity contribution is -0.141. The molecule has 1 atom stereocenters. The zero-order chi connectivity index (χ0) is 15.2. The molecular formula is C14H18N2O4S. The number of carbonyl (C=O) groups is 2. The Hall–Kier alpha value is -1.47. The lowest BCUT2D eigenvalue weighted by Gasteiger charge is -2.32. The predicted molar refractivity (Wildman–Crippen MR) is 78.1 cm³/mol. The number of aromatic nitrogens is 1. The molecule has 1 aromatic rings. The molecule has 3 rings (SSSR count). The van der Waals surface area contributed by atoms with Gasteiger partial charge in [-0.1, -0.05) is 25.2 Å². The number of ether oxygens (including phenoxy) is 1. The van der Waals surface area contributed by atoms with E-state index in [4.69, 9.17) is 4.74 Å². The number of morpholine rings is 1. The van der Waals surface area contributed by atoms with Crippen LogP contribution in [-0.2, 0) is 16.0 Å². The highest BCUT2D eigenvalue weighted by Crippen LogP contribution is 2.39. The molecule has 1 N–H and O–H groups in total. The van der Waals surface area contributed by atoms with Gasteiger partial charge < -0.3 is 14.7 Å². The Morgan fingerprint density at radius 2 is 2.24 bits per heavy atom. The molecule has 0 bridgehead atoms. The molecule has 0 radical (unpaired) electrons. The third-order valence-corrected chi connectivity index (χ3v) is 5.06. The smallest absolute Gasteiger partial charge is 0.328 e. The molecule has 7 heteroatoms. The molecule has 1 aliphatic carbocycles. The van der Waals surface area contributed by atoms with Crippen molar-refractivity contribution in [2.24, 2.45) is 5.41 Å². The van der Waals surface area contributed by atoms with Gasteiger partial charge in [0.25, 0.3) is 0 Å². The van der Waals surface area contributed by atoms with Crippen LogP contribution in [0.1, 0.15) is 35.6 Å². The molecule has 114 valence electrons. The van der Waals surface area contributed by atoms with Crippen LogP contribution in [-0.4, -0.2) is 47.6 Å². The number of carboxylic acid groups (broad SMARTS) is 1. The number of Topliss-reactive ketones (excluding diaryl/α,β-unsaturated/α-hetero) is 1. The van der Waals surface area contributed by atoms with E-state index in [1.165, 1.54) is 11.3 Å². The van der Waals surface area contributed by atoms with E-state index in [-0.39, 0.29) is 17.8 Å². The van der Waals surface area contributed by atoms with E-state index >= 15 is 0 Å². The molecule has 1 saturated heterocycles. The number of hydrogen-bond acceptors (Lipinski definition) is 6. The molecule has 1 fully saturated rings. The molecule has 0 saturated carbocycles. The van der Waals surface area contributed by atoms with Crippen molar-refractivity contribution in [3.05, 3.63) is 10.6 Å². The van der Waals surface area contributed by atoms with E-state index in [0.717, 1.165) is 12.1 Å². The molecule has 1 unspecified atom stereocenters. The number of ketones is 1. The molecule has 2 aliphatic rings. The van der Waals surface area contributed by atoms with Crippen LogP contribution < -0.4 is 4.90 Å². The normalized spacial score (nSPS) is 24.8. The molecule has 6 nitrogen and oxygen atoms in total. The summed E-state index contributed by atoms with van der Waals surface area (Å²) >= 11 is 1.32. The number of carbonyl (C=O) groups excluding carboxylic acids is 1. The SMILES string of the molecule is CC1(C)CC(=O)c2sc(N3CCOCC3C(=O)O)nc2C1. The summed E-state index contributed by atoms with van der Waals surface area (Å²) in [7, 11) is 0. The first kappa shape index (κ1) is 14.5. The largest absolute Gasteiger partial charge is 0.480 e. The number of carboxylic acids is 1. The first-order valence-electron chi connectivity index (χ1n) is 6.97. The zero-order valence-corrected chi connectivity index (χ0v) is 12.9. The van der Waals surface area contributed by atoms with E-state index in [9.17, 15) is 14.7 Å². The standard InChI is InChI=1S/C14H18N2O4S/c1-14(2)5-8-11(10(17)6-14)21-13(15-8)16-3-4-20-7-9(16)12(18)19/h9H,3-7H2,1-2H3,(H,18,19). The summed E-state index contributed by atoms with van der Waals surface area (Å²) in [5, 5.41) is 9.92. The molecular weight excluding hydrogens is 292 g/mol. The van der Waals surface area contributed by atoms with Crippen LogP contribution in [0.5, 0.6) is 0 Å². The molecule has 1 aromatic heterocycles. The van der Waals surface area contributed by atoms with Crippen molar-refractivity contribution < 1.29 is 19.4 Å². The van der Waals surface area contributed by atoms with Crippen molar-refractivity contribution >= 4 is 28.2 Å². The van der Waals surface area contributed by atoms with Gasteiger partial charge >= 0.3 is 5.97 Å². The Labute approximate surface area is 126 Å². The lowest BCUT2D eigenvalue weighted by Crippen LogP contribution is -2.50. The summed E-state index contributed by atoms with van der Waals surface area (Å²) in [6, 6.07) is -0.727. The van der Waals surface area contributed by atoms with Gasteiger partial charge in [0, 0.05) is 13.0 Å². The van der Waals surface area contributed by atoms with Gasteiger partial charge in [-0.2, -0.15) is 0 Å². The van der Waals surface area contributed by atoms with Gasteiger partial charge in [0.2, 0.25) is 0 Å². The summed E-state index contributed by atoms with van der Waals surface area (Å²) in [4.78, 5) is 30.6. The van der Waals surface area contributed by atoms with Crippen LogP contribution in [0.15, 0.2) is 0 Å². The van der Waals surface area contributed by atoms with Crippen LogP contribution >= 0.6 is 11.3 Å². The summed E-state index contributed by atoms with van der Waals surface area (Å²) in [5.41, 5.74) is 0.735. The van der Waals surface area contributed by atoms with Gasteiger partial charge in [0.1, 0.15) is 0 Å². The molecule has 0 spiro atoms. The minimum Gasteiger partial charge on any atom is -0.480 e. The highest BCUT2D eigenvalue weighted by molar-refractivity contribution is 7.17. The monoisotopic (exact) mass is 310 g/mol. The highest BCUT2D eigenvalue weighted by Gasteiger charge is 2.37. The van der Waals surface area contributed by atoms with Crippen LogP contribution in [0, 0.1) is 5.41 Å². The summed E-state index contributed by atoms with van der Waals surface area (Å²) in [5.74, 6) is -0.806. The predicted octanol–water partition coefficient (Wildman–Crippen LogP) is 1.59. The maximum absolute atomic E-state index is 12.2. The van der Waals surface area contributed by atoms with Crippen molar-refractivity contribution in [2.45, 2.75) is 32.7 Å². The fourth-order valence-corrected chi connectivity index (χ4v) is 3.96. The Morgan fingerprint density at radius 3 is 2.95 bits per heavy atom. The second-order valence-electron chi connectivity index (χ2n) is 6.34. The number of rotatable bonds is 2. The Bertz CT molecular complexity index is 596. The van der Waals surface area contributed by atoms with Crippen LogP contribution in [0.25, 0.3) is 0 Å². The lowest BCUT2D eigenvalue weighted by atomic mass is 9.78. The van der Waals surface area contributed by atoms with Gasteiger partial charge in [-0.05, 0) is 11.8 Å². The van der Waals surface area contributed by atoms with Gasteiger partial charge in [-0.3, -0.25) is 4.79 Å². The van der Waals surface area contributed by atoms with E-state index in [2.05, 4.69) is 18.8 Å². The quantitative estimate of drug-likeness (QED) is 0.893. The third-order valence-electron chi connectivity index (χ3n) is 3.88. The van der Waals surface area contributed by atoms with Gasteiger partial charge in [0.15, 0.2) is 17.0 Å². The van der Waals surface area contributed by atoms with Crippen LogP contribution in [0.4, 0.5) is 5.13 Å². The molecule has 0 amide bonds. The third kappa shape index (κ3) is 2.67. The number of aliphatic carboxylic acids is 1. The Balaban J connectivity index is 1.94. The van der Waals surface area contributed by atoms with E-state index in [1.807, 2.05) is 0 Å². The van der Waals surface area contributed by atoms with Crippen molar-refractivity contribution in [1.29, 1.82) is 0 Å². The van der Waals surface area contributed by atoms with E-state index < -0.39 is 12.0 Å². The second kappa shape index (κ2) is 5.06. The van der Waals surface area contributed by atoms with Gasteiger partial charge in [0.05, 0.1) is 23.8 Å². The van der Waals surface area contributed by atoms with Gasteiger partial charge in [-0.25, -0.2) is 9.78 Å². The highest BCUT2D eigenvalue weighted by atomic mass is 32.1. The molecule has 21 heavy (non-hydrogen) atoms. The van der Waals surface area contributed by atoms with Crippen LogP contribution in [0.2, 0.25) is 0 Å². The fourth-order valence-electron chi connectivity index (χ4n) is 2.87. The summed E-state index contributed by atoms with van der Waals surface area (Å²) in [6.45, 7) is 5.23. The van der Waals surface area contributed by atoms with Crippen molar-refractivity contribution in [2.75, 3.05) is 24.7 Å². The molecule has 0 aromatic carbocycles.